The third-order valence-corrected chi connectivity index (χ3v) is 4.15. The van der Waals surface area contributed by atoms with Crippen LogP contribution in [0.25, 0.3) is 0 Å². The molecule has 0 radical (unpaired) electrons. The average molecular weight is 347 g/mol. The van der Waals surface area contributed by atoms with Crippen molar-refractivity contribution in [2.45, 2.75) is 52.6 Å². The number of hydrogen-bond donors (Lipinski definition) is 0. The first-order valence-corrected chi connectivity index (χ1v) is 8.63. The van der Waals surface area contributed by atoms with E-state index in [0.29, 0.717) is 0 Å². The fourth-order valence-electron chi connectivity index (χ4n) is 2.88. The van der Waals surface area contributed by atoms with E-state index in [4.69, 9.17) is 11.6 Å². The van der Waals surface area contributed by atoms with E-state index in [2.05, 4.69) is 75.9 Å². The van der Waals surface area contributed by atoms with Gasteiger partial charge in [-0.1, -0.05) is 30.4 Å². The Hall–Kier alpha value is -1.74. The Kier molecular flexibility index (Phi) is 5.14. The van der Waals surface area contributed by atoms with Gasteiger partial charge in [-0.2, -0.15) is 0 Å². The van der Waals surface area contributed by atoms with E-state index in [1.807, 2.05) is 18.2 Å². The quantitative estimate of drug-likeness (QED) is 0.522. The fraction of sp³-hybridized carbons (Fsp3) is 0.450. The first kappa shape index (κ1) is 18.6. The Morgan fingerprint density at radius 1 is 1.04 bits per heavy atom. The van der Waals surface area contributed by atoms with Crippen molar-refractivity contribution in [1.82, 2.24) is 9.80 Å². The van der Waals surface area contributed by atoms with Gasteiger partial charge in [0.05, 0.1) is 0 Å². The maximum absolute atomic E-state index is 11.1. The zero-order valence-electron chi connectivity index (χ0n) is 15.4. The van der Waals surface area contributed by atoms with Crippen LogP contribution in [0.15, 0.2) is 60.3 Å². The summed E-state index contributed by atoms with van der Waals surface area (Å²) in [6.45, 7) is 13.2. The zero-order valence-corrected chi connectivity index (χ0v) is 16.1. The predicted molar refractivity (Wildman–Crippen MR) is 101 cm³/mol. The Bertz CT molecular complexity index is 628. The highest BCUT2D eigenvalue weighted by atomic mass is 35.5. The van der Waals surface area contributed by atoms with Crippen molar-refractivity contribution < 1.29 is 4.79 Å². The van der Waals surface area contributed by atoms with Crippen LogP contribution in [-0.2, 0) is 4.79 Å². The molecule has 0 spiro atoms. The molecular formula is C20H27ClN2O. The van der Waals surface area contributed by atoms with Gasteiger partial charge in [-0.25, -0.2) is 0 Å². The molecule has 3 nitrogen and oxygen atoms in total. The third-order valence-electron chi connectivity index (χ3n) is 4.02. The molecule has 0 aromatic rings. The third kappa shape index (κ3) is 4.02. The summed E-state index contributed by atoms with van der Waals surface area (Å²) in [5.41, 5.74) is 1.05. The van der Waals surface area contributed by atoms with Crippen molar-refractivity contribution in [2.24, 2.45) is 5.92 Å². The largest absolute Gasteiger partial charge is 0.327 e. The lowest BCUT2D eigenvalue weighted by atomic mass is 9.91. The molecule has 1 unspecified atom stereocenters. The monoisotopic (exact) mass is 346 g/mol. The van der Waals surface area contributed by atoms with Gasteiger partial charge in [-0.3, -0.25) is 4.79 Å². The number of nitrogens with zero attached hydrogens (tertiary/aromatic N) is 2. The van der Waals surface area contributed by atoms with Crippen LogP contribution in [-0.4, -0.2) is 26.1 Å². The van der Waals surface area contributed by atoms with Crippen LogP contribution < -0.4 is 0 Å². The maximum Gasteiger partial charge on any atom is 0.244 e. The smallest absolute Gasteiger partial charge is 0.244 e. The Labute approximate surface area is 150 Å². The van der Waals surface area contributed by atoms with Crippen LogP contribution >= 0.6 is 11.6 Å². The van der Waals surface area contributed by atoms with Crippen molar-refractivity contribution in [3.8, 4) is 0 Å². The van der Waals surface area contributed by atoms with E-state index in [9.17, 15) is 4.79 Å². The summed E-state index contributed by atoms with van der Waals surface area (Å²) < 4.78 is 0. The molecule has 1 aliphatic heterocycles. The molecule has 24 heavy (non-hydrogen) atoms. The molecule has 0 saturated carbocycles. The summed E-state index contributed by atoms with van der Waals surface area (Å²) in [7, 11) is 0. The molecule has 0 saturated heterocycles. The Balaban J connectivity index is 2.58. The van der Waals surface area contributed by atoms with Gasteiger partial charge in [0.25, 0.3) is 0 Å². The molecule has 130 valence electrons. The van der Waals surface area contributed by atoms with Crippen LogP contribution in [0.2, 0.25) is 0 Å². The summed E-state index contributed by atoms with van der Waals surface area (Å²) in [4.78, 5) is 15.7. The fourth-order valence-corrected chi connectivity index (χ4v) is 2.95. The van der Waals surface area contributed by atoms with Gasteiger partial charge in [0.1, 0.15) is 5.82 Å². The summed E-state index contributed by atoms with van der Waals surface area (Å²) in [6.07, 6.45) is 15.8. The maximum atomic E-state index is 11.1. The highest BCUT2D eigenvalue weighted by Gasteiger charge is 2.36. The van der Waals surface area contributed by atoms with Crippen molar-refractivity contribution in [3.63, 3.8) is 0 Å². The van der Waals surface area contributed by atoms with E-state index < -0.39 is 5.24 Å². The van der Waals surface area contributed by atoms with Gasteiger partial charge in [0, 0.05) is 35.0 Å². The number of carbonyl (C=O) groups excluding carboxylic acids is 1. The van der Waals surface area contributed by atoms with Crippen LogP contribution in [0.4, 0.5) is 0 Å². The predicted octanol–water partition coefficient (Wildman–Crippen LogP) is 4.95. The highest BCUT2D eigenvalue weighted by Crippen LogP contribution is 2.38. The SMILES string of the molecule is CC(C)(C)N1C=CN(C(C)(C)C)C1=C1C=CC=CC1C=CC(=O)Cl. The van der Waals surface area contributed by atoms with E-state index >= 15 is 0 Å². The molecule has 0 fully saturated rings. The number of halogens is 1. The van der Waals surface area contributed by atoms with Crippen LogP contribution in [0.1, 0.15) is 41.5 Å². The summed E-state index contributed by atoms with van der Waals surface area (Å²) >= 11 is 5.49. The minimum absolute atomic E-state index is 0.0160. The number of allylic oxidation sites excluding steroid dienone is 7. The summed E-state index contributed by atoms with van der Waals surface area (Å²) in [5.74, 6) is 1.16. The molecule has 1 heterocycles. The van der Waals surface area contributed by atoms with Crippen LogP contribution in [0, 0.1) is 5.92 Å². The van der Waals surface area contributed by atoms with E-state index in [1.54, 1.807) is 0 Å². The molecule has 0 aromatic heterocycles. The summed E-state index contributed by atoms with van der Waals surface area (Å²) in [5, 5.41) is -0.452. The highest BCUT2D eigenvalue weighted by molar-refractivity contribution is 6.66. The van der Waals surface area contributed by atoms with E-state index in [1.165, 1.54) is 6.08 Å². The van der Waals surface area contributed by atoms with Gasteiger partial charge in [-0.05, 0) is 59.2 Å². The van der Waals surface area contributed by atoms with Gasteiger partial charge in [0.2, 0.25) is 5.24 Å². The molecule has 1 aliphatic carbocycles. The number of rotatable bonds is 2. The first-order chi connectivity index (χ1) is 11.0. The summed E-state index contributed by atoms with van der Waals surface area (Å²) in [6, 6.07) is 0. The minimum Gasteiger partial charge on any atom is -0.327 e. The molecule has 0 amide bonds. The van der Waals surface area contributed by atoms with Crippen LogP contribution in [0.5, 0.6) is 0 Å². The van der Waals surface area contributed by atoms with Crippen molar-refractivity contribution in [3.05, 3.63) is 60.3 Å². The normalized spacial score (nSPS) is 21.5. The van der Waals surface area contributed by atoms with Crippen molar-refractivity contribution in [1.29, 1.82) is 0 Å². The second-order valence-corrected chi connectivity index (χ2v) is 8.46. The lowest BCUT2D eigenvalue weighted by Gasteiger charge is -2.42. The van der Waals surface area contributed by atoms with Crippen molar-refractivity contribution in [2.75, 3.05) is 0 Å². The average Bonchev–Trinajstić information content (AvgIpc) is 2.90. The van der Waals surface area contributed by atoms with Gasteiger partial charge in [-0.15, -0.1) is 0 Å². The molecular weight excluding hydrogens is 320 g/mol. The Morgan fingerprint density at radius 3 is 2.04 bits per heavy atom. The molecule has 2 aliphatic rings. The molecule has 4 heteroatoms. The van der Waals surface area contributed by atoms with E-state index in [0.717, 1.165) is 11.4 Å². The second kappa shape index (κ2) is 6.64. The van der Waals surface area contributed by atoms with Crippen molar-refractivity contribution >= 4 is 16.8 Å². The number of carbonyl (C=O) groups is 1. The standard InChI is InChI=1S/C20H27ClN2O/c1-19(2,3)22-13-14-23(20(4,5)6)18(22)16-10-8-7-9-15(16)11-12-17(21)24/h7-15H,1-6H3. The lowest BCUT2D eigenvalue weighted by Crippen LogP contribution is -2.44. The second-order valence-electron chi connectivity index (χ2n) is 8.09. The number of hydrogen-bond acceptors (Lipinski definition) is 3. The van der Waals surface area contributed by atoms with E-state index in [-0.39, 0.29) is 17.0 Å². The zero-order chi connectivity index (χ0) is 18.1. The van der Waals surface area contributed by atoms with Gasteiger partial charge < -0.3 is 9.80 Å². The lowest BCUT2D eigenvalue weighted by molar-refractivity contribution is -0.107. The molecule has 0 bridgehead atoms. The molecule has 2 rings (SSSR count). The Morgan fingerprint density at radius 2 is 1.58 bits per heavy atom. The topological polar surface area (TPSA) is 23.6 Å². The molecule has 0 N–H and O–H groups in total. The van der Waals surface area contributed by atoms with Gasteiger partial charge >= 0.3 is 0 Å². The molecule has 1 atom stereocenters. The molecule has 0 aromatic carbocycles. The van der Waals surface area contributed by atoms with Gasteiger partial charge in [0.15, 0.2) is 0 Å². The first-order valence-electron chi connectivity index (χ1n) is 8.25. The van der Waals surface area contributed by atoms with Crippen LogP contribution in [0.3, 0.4) is 0 Å². The minimum atomic E-state index is -0.452.